The van der Waals surface area contributed by atoms with Gasteiger partial charge in [-0.25, -0.2) is 9.78 Å². The number of Topliss-reactive ketones (excluding diaryl/α,β-unsaturated/α-hetero) is 1. The van der Waals surface area contributed by atoms with Crippen molar-refractivity contribution in [1.82, 2.24) is 19.1 Å². The molecule has 0 saturated heterocycles. The van der Waals surface area contributed by atoms with Crippen molar-refractivity contribution in [2.75, 3.05) is 12.4 Å². The highest BCUT2D eigenvalue weighted by atomic mass is 32.2. The number of rotatable bonds is 8. The van der Waals surface area contributed by atoms with Gasteiger partial charge in [-0.3, -0.25) is 19.1 Å². The number of aliphatic hydroxyl groups is 1. The van der Waals surface area contributed by atoms with Crippen LogP contribution in [0.3, 0.4) is 0 Å². The fourth-order valence-electron chi connectivity index (χ4n) is 3.43. The molecule has 4 aromatic rings. The van der Waals surface area contributed by atoms with E-state index in [4.69, 9.17) is 4.74 Å². The maximum Gasteiger partial charge on any atom is 0.329 e. The Morgan fingerprint density at radius 3 is 2.75 bits per heavy atom. The Bertz CT molecular complexity index is 1420. The molecule has 0 saturated carbocycles. The molecule has 0 aliphatic carbocycles. The van der Waals surface area contributed by atoms with E-state index in [1.54, 1.807) is 0 Å². The lowest BCUT2D eigenvalue weighted by molar-refractivity contribution is -0.114. The first-order chi connectivity index (χ1) is 15.3. The second-order valence-electron chi connectivity index (χ2n) is 7.43. The fraction of sp³-hybridized carbons (Fsp3) is 0.273. The minimum absolute atomic E-state index is 0.00277. The maximum absolute atomic E-state index is 12.5. The molecule has 2 heterocycles. The van der Waals surface area contributed by atoms with E-state index in [1.807, 2.05) is 42.5 Å². The summed E-state index contributed by atoms with van der Waals surface area (Å²) in [6, 6.07) is 13.5. The number of ketones is 1. The Balaban J connectivity index is 1.62. The summed E-state index contributed by atoms with van der Waals surface area (Å²) in [4.78, 5) is 42.6. The number of carbonyl (C=O) groups excluding carboxylic acids is 1. The van der Waals surface area contributed by atoms with E-state index in [2.05, 4.69) is 9.97 Å². The monoisotopic (exact) mass is 454 g/mol. The molecule has 9 nitrogen and oxygen atoms in total. The van der Waals surface area contributed by atoms with Gasteiger partial charge < -0.3 is 14.4 Å². The van der Waals surface area contributed by atoms with Gasteiger partial charge in [0.2, 0.25) is 0 Å². The molecule has 0 fully saturated rings. The number of nitrogens with one attached hydrogen (secondary N) is 1. The number of aromatic nitrogens is 4. The zero-order valence-electron chi connectivity index (χ0n) is 17.6. The summed E-state index contributed by atoms with van der Waals surface area (Å²) >= 11 is 1.14. The number of nitrogens with zero attached hydrogens (tertiary/aromatic N) is 3. The highest BCUT2D eigenvalue weighted by Crippen LogP contribution is 2.26. The van der Waals surface area contributed by atoms with Gasteiger partial charge in [0.15, 0.2) is 16.3 Å². The first kappa shape index (κ1) is 21.8. The molecule has 32 heavy (non-hydrogen) atoms. The van der Waals surface area contributed by atoms with Gasteiger partial charge >= 0.3 is 5.69 Å². The van der Waals surface area contributed by atoms with Gasteiger partial charge in [0.1, 0.15) is 24.2 Å². The van der Waals surface area contributed by atoms with E-state index in [0.29, 0.717) is 10.9 Å². The van der Waals surface area contributed by atoms with E-state index in [-0.39, 0.29) is 35.9 Å². The standard InChI is InChI=1S/C22H22N4O5S/c1-13(27)12-32-22-23-19-18(20(29)24-21(30)25(19)2)26(22)10-15(28)11-31-17-9-5-7-14-6-3-4-8-16(14)17/h3-9,15,28H,10-12H2,1-2H3,(H,24,29,30)/t15-/m0/s1. The molecule has 166 valence electrons. The van der Waals surface area contributed by atoms with Gasteiger partial charge in [-0.15, -0.1) is 0 Å². The van der Waals surface area contributed by atoms with E-state index >= 15 is 0 Å². The topological polar surface area (TPSA) is 119 Å². The van der Waals surface area contributed by atoms with Crippen molar-refractivity contribution in [2.45, 2.75) is 24.7 Å². The number of carbonyl (C=O) groups is 1. The number of aryl methyl sites for hydroxylation is 1. The highest BCUT2D eigenvalue weighted by Gasteiger charge is 2.20. The number of thioether (sulfide) groups is 1. The van der Waals surface area contributed by atoms with Crippen LogP contribution in [0.25, 0.3) is 21.9 Å². The lowest BCUT2D eigenvalue weighted by Gasteiger charge is -2.16. The molecule has 0 radical (unpaired) electrons. The molecule has 0 aliphatic rings. The van der Waals surface area contributed by atoms with Crippen LogP contribution in [0.4, 0.5) is 0 Å². The zero-order chi connectivity index (χ0) is 22.8. The smallest absolute Gasteiger partial charge is 0.329 e. The number of H-pyrrole nitrogens is 1. The van der Waals surface area contributed by atoms with Crippen LogP contribution in [0.5, 0.6) is 5.75 Å². The number of aromatic amines is 1. The molecule has 2 aromatic carbocycles. The SMILES string of the molecule is CC(=O)CSc1nc2c(c(=O)[nH]c(=O)n2C)n1C[C@H](O)COc1cccc2ccccc12. The number of fused-ring (bicyclic) bond motifs is 2. The molecule has 1 atom stereocenters. The summed E-state index contributed by atoms with van der Waals surface area (Å²) in [6.07, 6.45) is -0.973. The molecule has 0 unspecified atom stereocenters. The predicted molar refractivity (Wildman–Crippen MR) is 122 cm³/mol. The Hall–Kier alpha value is -3.37. The molecular weight excluding hydrogens is 432 g/mol. The molecule has 10 heteroatoms. The van der Waals surface area contributed by atoms with Crippen LogP contribution in [0.2, 0.25) is 0 Å². The van der Waals surface area contributed by atoms with Crippen LogP contribution in [-0.2, 0) is 18.4 Å². The molecule has 4 rings (SSSR count). The van der Waals surface area contributed by atoms with E-state index in [0.717, 1.165) is 22.5 Å². The van der Waals surface area contributed by atoms with Gasteiger partial charge in [0.25, 0.3) is 5.56 Å². The quantitative estimate of drug-likeness (QED) is 0.389. The molecule has 0 amide bonds. The number of benzene rings is 2. The van der Waals surface area contributed by atoms with Crippen molar-refractivity contribution in [3.05, 3.63) is 63.3 Å². The van der Waals surface area contributed by atoms with Gasteiger partial charge in [0, 0.05) is 12.4 Å². The number of hydrogen-bond acceptors (Lipinski definition) is 7. The lowest BCUT2D eigenvalue weighted by atomic mass is 10.1. The summed E-state index contributed by atoms with van der Waals surface area (Å²) in [6.45, 7) is 1.44. The van der Waals surface area contributed by atoms with Crippen LogP contribution in [-0.4, -0.2) is 48.5 Å². The molecule has 2 N–H and O–H groups in total. The van der Waals surface area contributed by atoms with Gasteiger partial charge in [-0.05, 0) is 18.4 Å². The van der Waals surface area contributed by atoms with Crippen LogP contribution >= 0.6 is 11.8 Å². The third kappa shape index (κ3) is 4.32. The van der Waals surface area contributed by atoms with Gasteiger partial charge in [-0.1, -0.05) is 48.2 Å². The number of imidazole rings is 1. The van der Waals surface area contributed by atoms with Crippen molar-refractivity contribution in [2.24, 2.45) is 7.05 Å². The van der Waals surface area contributed by atoms with Crippen LogP contribution < -0.4 is 16.0 Å². The van der Waals surface area contributed by atoms with Gasteiger partial charge in [0.05, 0.1) is 12.3 Å². The average molecular weight is 455 g/mol. The molecule has 2 aromatic heterocycles. The molecular formula is C22H22N4O5S. The number of aliphatic hydroxyl groups excluding tert-OH is 1. The minimum Gasteiger partial charge on any atom is -0.490 e. The highest BCUT2D eigenvalue weighted by molar-refractivity contribution is 7.99. The second-order valence-corrected chi connectivity index (χ2v) is 8.37. The first-order valence-corrected chi connectivity index (χ1v) is 10.9. The first-order valence-electron chi connectivity index (χ1n) is 9.95. The largest absolute Gasteiger partial charge is 0.490 e. The van der Waals surface area contributed by atoms with Crippen molar-refractivity contribution in [3.8, 4) is 5.75 Å². The zero-order valence-corrected chi connectivity index (χ0v) is 18.4. The molecule has 0 spiro atoms. The Morgan fingerprint density at radius 1 is 1.22 bits per heavy atom. The lowest BCUT2D eigenvalue weighted by Crippen LogP contribution is -2.30. The van der Waals surface area contributed by atoms with E-state index in [1.165, 1.54) is 23.1 Å². The maximum atomic E-state index is 12.5. The predicted octanol–water partition coefficient (Wildman–Crippen LogP) is 1.70. The van der Waals surface area contributed by atoms with Crippen molar-refractivity contribution < 1.29 is 14.6 Å². The van der Waals surface area contributed by atoms with Crippen molar-refractivity contribution >= 4 is 39.5 Å². The Morgan fingerprint density at radius 2 is 1.97 bits per heavy atom. The summed E-state index contributed by atoms with van der Waals surface area (Å²) < 4.78 is 8.62. The number of hydrogen-bond donors (Lipinski definition) is 2. The van der Waals surface area contributed by atoms with Crippen molar-refractivity contribution in [1.29, 1.82) is 0 Å². The summed E-state index contributed by atoms with van der Waals surface area (Å²) in [7, 11) is 1.50. The molecule has 0 aliphatic heterocycles. The van der Waals surface area contributed by atoms with Gasteiger partial charge in [-0.2, -0.15) is 0 Å². The fourth-order valence-corrected chi connectivity index (χ4v) is 4.24. The summed E-state index contributed by atoms with van der Waals surface area (Å²) in [5.74, 6) is 0.734. The normalized spacial score (nSPS) is 12.3. The van der Waals surface area contributed by atoms with E-state index < -0.39 is 17.4 Å². The Kier molecular flexibility index (Phi) is 6.15. The van der Waals surface area contributed by atoms with Crippen molar-refractivity contribution in [3.63, 3.8) is 0 Å². The van der Waals surface area contributed by atoms with Crippen LogP contribution in [0.1, 0.15) is 6.92 Å². The number of ether oxygens (including phenoxy) is 1. The minimum atomic E-state index is -0.973. The van der Waals surface area contributed by atoms with Crippen LogP contribution in [0, 0.1) is 0 Å². The third-order valence-electron chi connectivity index (χ3n) is 4.95. The Labute approximate surface area is 186 Å². The third-order valence-corrected chi connectivity index (χ3v) is 6.07. The average Bonchev–Trinajstić information content (AvgIpc) is 3.13. The van der Waals surface area contributed by atoms with Crippen LogP contribution in [0.15, 0.2) is 57.2 Å². The summed E-state index contributed by atoms with van der Waals surface area (Å²) in [5.41, 5.74) is -0.850. The second kappa shape index (κ2) is 9.01. The molecule has 0 bridgehead atoms. The van der Waals surface area contributed by atoms with E-state index in [9.17, 15) is 19.5 Å². The summed E-state index contributed by atoms with van der Waals surface area (Å²) in [5, 5.41) is 13.0.